The van der Waals surface area contributed by atoms with Crippen molar-refractivity contribution < 1.29 is 4.52 Å². The Hall–Kier alpha value is -1.98. The van der Waals surface area contributed by atoms with E-state index < -0.39 is 0 Å². The van der Waals surface area contributed by atoms with Gasteiger partial charge in [-0.15, -0.1) is 0 Å². The summed E-state index contributed by atoms with van der Waals surface area (Å²) >= 11 is 0. The highest BCUT2D eigenvalue weighted by atomic mass is 16.5. The molecule has 3 heterocycles. The zero-order valence-corrected chi connectivity index (χ0v) is 12.1. The van der Waals surface area contributed by atoms with E-state index in [0.717, 1.165) is 43.3 Å². The van der Waals surface area contributed by atoms with Crippen LogP contribution >= 0.6 is 0 Å². The molecule has 2 aromatic rings. The first kappa shape index (κ1) is 13.0. The van der Waals surface area contributed by atoms with Crippen LogP contribution in [0.15, 0.2) is 16.9 Å². The SMILES string of the molecule is Cc1cc(N2CCC(C)(c3nc(C)no3)CC2)ncn1. The number of aromatic nitrogens is 4. The second kappa shape index (κ2) is 4.85. The number of hydrogen-bond donors (Lipinski definition) is 0. The second-order valence-electron chi connectivity index (χ2n) is 5.71. The fraction of sp³-hybridized carbons (Fsp3) is 0.571. The van der Waals surface area contributed by atoms with E-state index in [0.29, 0.717) is 5.82 Å². The molecule has 2 aromatic heterocycles. The molecule has 1 fully saturated rings. The lowest BCUT2D eigenvalue weighted by molar-refractivity contribution is 0.252. The molecule has 0 saturated carbocycles. The Morgan fingerprint density at radius 1 is 1.20 bits per heavy atom. The summed E-state index contributed by atoms with van der Waals surface area (Å²) in [6.07, 6.45) is 3.59. The lowest BCUT2D eigenvalue weighted by Gasteiger charge is -2.37. The fourth-order valence-electron chi connectivity index (χ4n) is 2.60. The number of nitrogens with zero attached hydrogens (tertiary/aromatic N) is 5. The van der Waals surface area contributed by atoms with Gasteiger partial charge in [0.15, 0.2) is 5.82 Å². The van der Waals surface area contributed by atoms with Crippen molar-refractivity contribution in [2.24, 2.45) is 0 Å². The summed E-state index contributed by atoms with van der Waals surface area (Å²) in [5, 5.41) is 3.91. The van der Waals surface area contributed by atoms with Crippen molar-refractivity contribution in [3.05, 3.63) is 29.8 Å². The fourth-order valence-corrected chi connectivity index (χ4v) is 2.60. The molecule has 0 aromatic carbocycles. The normalized spacial score (nSPS) is 18.2. The predicted octanol–water partition coefficient (Wildman–Crippen LogP) is 2.03. The van der Waals surface area contributed by atoms with Gasteiger partial charge in [-0.25, -0.2) is 9.97 Å². The van der Waals surface area contributed by atoms with Crippen LogP contribution in [0, 0.1) is 13.8 Å². The number of piperidine rings is 1. The molecule has 6 nitrogen and oxygen atoms in total. The van der Waals surface area contributed by atoms with Crippen molar-refractivity contribution in [1.29, 1.82) is 0 Å². The van der Waals surface area contributed by atoms with Crippen molar-refractivity contribution in [3.8, 4) is 0 Å². The van der Waals surface area contributed by atoms with E-state index >= 15 is 0 Å². The van der Waals surface area contributed by atoms with Gasteiger partial charge in [0.05, 0.1) is 5.41 Å². The topological polar surface area (TPSA) is 67.9 Å². The van der Waals surface area contributed by atoms with Crippen molar-refractivity contribution in [3.63, 3.8) is 0 Å². The van der Waals surface area contributed by atoms with Gasteiger partial charge in [-0.05, 0) is 26.7 Å². The quantitative estimate of drug-likeness (QED) is 0.834. The van der Waals surface area contributed by atoms with E-state index in [4.69, 9.17) is 4.52 Å². The molecule has 0 aliphatic carbocycles. The highest BCUT2D eigenvalue weighted by molar-refractivity contribution is 5.39. The molecule has 0 spiro atoms. The predicted molar refractivity (Wildman–Crippen MR) is 74.6 cm³/mol. The molecular weight excluding hydrogens is 254 g/mol. The van der Waals surface area contributed by atoms with Crippen molar-refractivity contribution >= 4 is 5.82 Å². The van der Waals surface area contributed by atoms with E-state index in [1.165, 1.54) is 0 Å². The molecule has 6 heteroatoms. The minimum atomic E-state index is -0.0279. The Morgan fingerprint density at radius 3 is 2.55 bits per heavy atom. The van der Waals surface area contributed by atoms with Crippen molar-refractivity contribution in [2.45, 2.75) is 39.0 Å². The van der Waals surface area contributed by atoms with Gasteiger partial charge in [0.1, 0.15) is 12.1 Å². The van der Waals surface area contributed by atoms with Crippen LogP contribution in [0.1, 0.15) is 37.2 Å². The minimum Gasteiger partial charge on any atom is -0.356 e. The van der Waals surface area contributed by atoms with E-state index in [-0.39, 0.29) is 5.41 Å². The molecule has 1 saturated heterocycles. The lowest BCUT2D eigenvalue weighted by atomic mass is 9.80. The van der Waals surface area contributed by atoms with Gasteiger partial charge in [0, 0.05) is 24.8 Å². The third-order valence-corrected chi connectivity index (χ3v) is 4.02. The second-order valence-corrected chi connectivity index (χ2v) is 5.71. The van der Waals surface area contributed by atoms with Crippen molar-refractivity contribution in [1.82, 2.24) is 20.1 Å². The molecule has 0 N–H and O–H groups in total. The first-order chi connectivity index (χ1) is 9.57. The highest BCUT2D eigenvalue weighted by Crippen LogP contribution is 2.35. The molecule has 1 aliphatic rings. The average molecular weight is 273 g/mol. The summed E-state index contributed by atoms with van der Waals surface area (Å²) in [7, 11) is 0. The molecule has 0 amide bonds. The van der Waals surface area contributed by atoms with Gasteiger partial charge in [-0.1, -0.05) is 12.1 Å². The summed E-state index contributed by atoms with van der Waals surface area (Å²) in [5.41, 5.74) is 0.968. The van der Waals surface area contributed by atoms with Crippen LogP contribution in [0.25, 0.3) is 0 Å². The Labute approximate surface area is 118 Å². The number of hydrogen-bond acceptors (Lipinski definition) is 6. The maximum absolute atomic E-state index is 5.36. The van der Waals surface area contributed by atoms with E-state index in [2.05, 4.69) is 31.9 Å². The standard InChI is InChI=1S/C14H19N5O/c1-10-8-12(16-9-15-10)19-6-4-14(3,5-7-19)13-17-11(2)18-20-13/h8-9H,4-7H2,1-3H3. The van der Waals surface area contributed by atoms with Gasteiger partial charge in [0.2, 0.25) is 5.89 Å². The zero-order valence-electron chi connectivity index (χ0n) is 12.1. The number of rotatable bonds is 2. The Bertz CT molecular complexity index is 601. The maximum Gasteiger partial charge on any atom is 0.232 e. The van der Waals surface area contributed by atoms with Gasteiger partial charge in [0.25, 0.3) is 0 Å². The van der Waals surface area contributed by atoms with Gasteiger partial charge in [-0.2, -0.15) is 4.98 Å². The molecule has 20 heavy (non-hydrogen) atoms. The molecule has 0 atom stereocenters. The minimum absolute atomic E-state index is 0.0279. The molecule has 1 aliphatic heterocycles. The third-order valence-electron chi connectivity index (χ3n) is 4.02. The summed E-state index contributed by atoms with van der Waals surface area (Å²) in [6.45, 7) is 7.92. The van der Waals surface area contributed by atoms with Crippen LogP contribution in [0.5, 0.6) is 0 Å². The summed E-state index contributed by atoms with van der Waals surface area (Å²) in [4.78, 5) is 15.2. The zero-order chi connectivity index (χ0) is 14.2. The lowest BCUT2D eigenvalue weighted by Crippen LogP contribution is -2.41. The van der Waals surface area contributed by atoms with Crippen LogP contribution < -0.4 is 4.90 Å². The average Bonchev–Trinajstić information content (AvgIpc) is 2.87. The van der Waals surface area contributed by atoms with Crippen molar-refractivity contribution in [2.75, 3.05) is 18.0 Å². The molecule has 0 radical (unpaired) electrons. The van der Waals surface area contributed by atoms with Gasteiger partial charge in [-0.3, -0.25) is 0 Å². The first-order valence-corrected chi connectivity index (χ1v) is 6.91. The molecule has 0 bridgehead atoms. The van der Waals surface area contributed by atoms with Crippen LogP contribution in [0.3, 0.4) is 0 Å². The van der Waals surface area contributed by atoms with Crippen LogP contribution in [0.2, 0.25) is 0 Å². The number of anilines is 1. The van der Waals surface area contributed by atoms with E-state index in [9.17, 15) is 0 Å². The smallest absolute Gasteiger partial charge is 0.232 e. The third kappa shape index (κ3) is 2.37. The van der Waals surface area contributed by atoms with Crippen LogP contribution in [0.4, 0.5) is 5.82 Å². The summed E-state index contributed by atoms with van der Waals surface area (Å²) in [6, 6.07) is 2.03. The van der Waals surface area contributed by atoms with Crippen LogP contribution in [-0.2, 0) is 5.41 Å². The monoisotopic (exact) mass is 273 g/mol. The Morgan fingerprint density at radius 2 is 1.95 bits per heavy atom. The Balaban J connectivity index is 1.73. The molecule has 106 valence electrons. The van der Waals surface area contributed by atoms with Crippen LogP contribution in [-0.4, -0.2) is 33.2 Å². The number of aryl methyl sites for hydroxylation is 2. The maximum atomic E-state index is 5.36. The van der Waals surface area contributed by atoms with E-state index in [1.54, 1.807) is 6.33 Å². The Kier molecular flexibility index (Phi) is 3.16. The van der Waals surface area contributed by atoms with Gasteiger partial charge >= 0.3 is 0 Å². The highest BCUT2D eigenvalue weighted by Gasteiger charge is 2.36. The molecule has 3 rings (SSSR count). The van der Waals surface area contributed by atoms with Gasteiger partial charge < -0.3 is 9.42 Å². The summed E-state index contributed by atoms with van der Waals surface area (Å²) in [5.74, 6) is 2.46. The first-order valence-electron chi connectivity index (χ1n) is 6.91. The molecular formula is C14H19N5O. The summed E-state index contributed by atoms with van der Waals surface area (Å²) < 4.78 is 5.36. The van der Waals surface area contributed by atoms with E-state index in [1.807, 2.05) is 19.9 Å². The largest absolute Gasteiger partial charge is 0.356 e. The molecule has 0 unspecified atom stereocenters.